The van der Waals surface area contributed by atoms with Gasteiger partial charge in [-0.25, -0.2) is 0 Å². The Hall–Kier alpha value is -3.15. The van der Waals surface area contributed by atoms with Crippen molar-refractivity contribution in [2.75, 3.05) is 11.9 Å². The molecule has 0 atom stereocenters. The van der Waals surface area contributed by atoms with Gasteiger partial charge in [-0.15, -0.1) is 0 Å². The molecular weight excluding hydrogens is 294 g/mol. The van der Waals surface area contributed by atoms with Crippen molar-refractivity contribution in [2.24, 2.45) is 0 Å². The van der Waals surface area contributed by atoms with E-state index in [-0.39, 0.29) is 11.8 Å². The molecule has 0 aliphatic carbocycles. The number of carbonyl (C=O) groups is 1. The molecule has 116 valence electrons. The zero-order valence-electron chi connectivity index (χ0n) is 12.5. The van der Waals surface area contributed by atoms with Crippen molar-refractivity contribution >= 4 is 11.8 Å². The molecule has 1 amide bonds. The molecule has 0 saturated heterocycles. The molecule has 0 aliphatic heterocycles. The van der Waals surface area contributed by atoms with Gasteiger partial charge in [0.25, 0.3) is 5.91 Å². The molecule has 6 nitrogen and oxygen atoms in total. The van der Waals surface area contributed by atoms with Crippen LogP contribution in [0.1, 0.15) is 17.3 Å². The second-order valence-electron chi connectivity index (χ2n) is 4.73. The second kappa shape index (κ2) is 6.74. The molecule has 1 N–H and O–H groups in total. The van der Waals surface area contributed by atoms with Gasteiger partial charge in [0.2, 0.25) is 5.88 Å². The van der Waals surface area contributed by atoms with Crippen molar-refractivity contribution < 1.29 is 14.1 Å². The lowest BCUT2D eigenvalue weighted by Gasteiger charge is -2.04. The summed E-state index contributed by atoms with van der Waals surface area (Å²) >= 11 is 0. The van der Waals surface area contributed by atoms with Crippen molar-refractivity contribution in [3.8, 4) is 17.0 Å². The van der Waals surface area contributed by atoms with Crippen LogP contribution in [-0.4, -0.2) is 22.7 Å². The molecule has 6 heteroatoms. The molecule has 0 saturated carbocycles. The molecule has 0 fully saturated rings. The van der Waals surface area contributed by atoms with Crippen molar-refractivity contribution in [3.05, 3.63) is 60.4 Å². The van der Waals surface area contributed by atoms with Gasteiger partial charge >= 0.3 is 0 Å². The second-order valence-corrected chi connectivity index (χ2v) is 4.73. The third-order valence-corrected chi connectivity index (χ3v) is 3.13. The van der Waals surface area contributed by atoms with E-state index in [1.165, 1.54) is 0 Å². The minimum absolute atomic E-state index is 0.276. The summed E-state index contributed by atoms with van der Waals surface area (Å²) in [5.41, 5.74) is 1.94. The molecule has 2 aromatic heterocycles. The molecule has 2 heterocycles. The number of aromatic nitrogens is 2. The van der Waals surface area contributed by atoms with Crippen LogP contribution in [0.5, 0.6) is 5.75 Å². The predicted molar refractivity (Wildman–Crippen MR) is 85.3 cm³/mol. The molecule has 23 heavy (non-hydrogen) atoms. The minimum Gasteiger partial charge on any atom is -0.494 e. The van der Waals surface area contributed by atoms with E-state index in [9.17, 15) is 4.79 Å². The van der Waals surface area contributed by atoms with Gasteiger partial charge in [-0.2, -0.15) is 0 Å². The molecule has 3 aromatic rings. The zero-order chi connectivity index (χ0) is 16.1. The van der Waals surface area contributed by atoms with Crippen LogP contribution in [0, 0.1) is 0 Å². The van der Waals surface area contributed by atoms with Crippen LogP contribution < -0.4 is 10.1 Å². The van der Waals surface area contributed by atoms with Crippen molar-refractivity contribution in [3.63, 3.8) is 0 Å². The van der Waals surface area contributed by atoms with Crippen molar-refractivity contribution in [1.29, 1.82) is 0 Å². The van der Waals surface area contributed by atoms with Gasteiger partial charge < -0.3 is 9.26 Å². The Labute approximate surface area is 133 Å². The summed E-state index contributed by atoms with van der Waals surface area (Å²) in [6.45, 7) is 2.49. The van der Waals surface area contributed by atoms with Gasteiger partial charge in [0.1, 0.15) is 11.4 Å². The first-order valence-electron chi connectivity index (χ1n) is 7.17. The first-order chi connectivity index (χ1) is 11.3. The molecule has 0 unspecified atom stereocenters. The summed E-state index contributed by atoms with van der Waals surface area (Å²) in [5, 5.41) is 6.59. The highest BCUT2D eigenvalue weighted by Gasteiger charge is 2.11. The normalized spacial score (nSPS) is 10.3. The Balaban J connectivity index is 1.69. The fraction of sp³-hybridized carbons (Fsp3) is 0.118. The Bertz CT molecular complexity index is 782. The van der Waals surface area contributed by atoms with Crippen LogP contribution in [-0.2, 0) is 0 Å². The number of nitrogens with zero attached hydrogens (tertiary/aromatic N) is 2. The maximum Gasteiger partial charge on any atom is 0.258 e. The first kappa shape index (κ1) is 14.8. The monoisotopic (exact) mass is 309 g/mol. The van der Waals surface area contributed by atoms with E-state index in [1.54, 1.807) is 42.7 Å². The summed E-state index contributed by atoms with van der Waals surface area (Å²) in [7, 11) is 0. The lowest BCUT2D eigenvalue weighted by molar-refractivity contribution is 0.102. The summed E-state index contributed by atoms with van der Waals surface area (Å²) in [4.78, 5) is 16.2. The number of pyridine rings is 1. The predicted octanol–water partition coefficient (Wildman–Crippen LogP) is 3.39. The Morgan fingerprint density at radius 3 is 2.78 bits per heavy atom. The lowest BCUT2D eigenvalue weighted by atomic mass is 10.2. The summed E-state index contributed by atoms with van der Waals surface area (Å²) in [6.07, 6.45) is 3.36. The molecule has 3 rings (SSSR count). The highest BCUT2D eigenvalue weighted by Crippen LogP contribution is 2.21. The molecule has 1 aromatic carbocycles. The topological polar surface area (TPSA) is 77.2 Å². The molecule has 0 aliphatic rings. The van der Waals surface area contributed by atoms with Crippen LogP contribution in [0.4, 0.5) is 5.88 Å². The van der Waals surface area contributed by atoms with Crippen molar-refractivity contribution in [1.82, 2.24) is 10.1 Å². The smallest absolute Gasteiger partial charge is 0.258 e. The number of benzene rings is 1. The van der Waals surface area contributed by atoms with Crippen LogP contribution >= 0.6 is 0 Å². The van der Waals surface area contributed by atoms with E-state index in [4.69, 9.17) is 9.26 Å². The third-order valence-electron chi connectivity index (χ3n) is 3.13. The maximum absolute atomic E-state index is 12.2. The van der Waals surface area contributed by atoms with Gasteiger partial charge in [-0.3, -0.25) is 15.1 Å². The number of ether oxygens (including phenoxy) is 1. The average molecular weight is 309 g/mol. The number of hydrogen-bond donors (Lipinski definition) is 1. The van der Waals surface area contributed by atoms with Gasteiger partial charge in [-0.05, 0) is 43.3 Å². The fourth-order valence-corrected chi connectivity index (χ4v) is 2.04. The Morgan fingerprint density at radius 1 is 1.26 bits per heavy atom. The minimum atomic E-state index is -0.276. The lowest BCUT2D eigenvalue weighted by Crippen LogP contribution is -2.11. The average Bonchev–Trinajstić information content (AvgIpc) is 3.05. The van der Waals surface area contributed by atoms with Gasteiger partial charge in [-0.1, -0.05) is 5.16 Å². The molecule has 0 bridgehead atoms. The summed E-state index contributed by atoms with van der Waals surface area (Å²) in [6, 6.07) is 12.2. The standard InChI is InChI=1S/C17H15N3O3/c1-2-22-14-7-5-12(6-8-14)17(21)19-16-10-15(20-23-16)13-4-3-9-18-11-13/h3-11H,2H2,1H3,(H,19,21). The fourth-order valence-electron chi connectivity index (χ4n) is 2.04. The van der Waals surface area contributed by atoms with Crippen molar-refractivity contribution in [2.45, 2.75) is 6.92 Å². The number of carbonyl (C=O) groups excluding carboxylic acids is 1. The number of rotatable bonds is 5. The Morgan fingerprint density at radius 2 is 2.09 bits per heavy atom. The molecule has 0 spiro atoms. The summed E-state index contributed by atoms with van der Waals surface area (Å²) in [5.74, 6) is 0.729. The van der Waals surface area contributed by atoms with Gasteiger partial charge in [0.05, 0.1) is 6.61 Å². The number of anilines is 1. The van der Waals surface area contributed by atoms with Crippen LogP contribution in [0.3, 0.4) is 0 Å². The highest BCUT2D eigenvalue weighted by molar-refractivity contribution is 6.03. The van der Waals surface area contributed by atoms with Gasteiger partial charge in [0.15, 0.2) is 0 Å². The number of nitrogens with one attached hydrogen (secondary N) is 1. The number of amides is 1. The SMILES string of the molecule is CCOc1ccc(C(=O)Nc2cc(-c3cccnc3)no2)cc1. The molecular formula is C17H15N3O3. The van der Waals surface area contributed by atoms with E-state index in [0.29, 0.717) is 17.9 Å². The van der Waals surface area contributed by atoms with Crippen LogP contribution in [0.15, 0.2) is 59.4 Å². The zero-order valence-corrected chi connectivity index (χ0v) is 12.5. The first-order valence-corrected chi connectivity index (χ1v) is 7.17. The number of hydrogen-bond acceptors (Lipinski definition) is 5. The van der Waals surface area contributed by atoms with Crippen LogP contribution in [0.25, 0.3) is 11.3 Å². The highest BCUT2D eigenvalue weighted by atomic mass is 16.5. The largest absolute Gasteiger partial charge is 0.494 e. The van der Waals surface area contributed by atoms with E-state index in [0.717, 1.165) is 11.3 Å². The van der Waals surface area contributed by atoms with Crippen LogP contribution in [0.2, 0.25) is 0 Å². The van der Waals surface area contributed by atoms with Gasteiger partial charge in [0, 0.05) is 29.6 Å². The summed E-state index contributed by atoms with van der Waals surface area (Å²) < 4.78 is 10.5. The van der Waals surface area contributed by atoms with E-state index < -0.39 is 0 Å². The molecule has 0 radical (unpaired) electrons. The quantitative estimate of drug-likeness (QED) is 0.781. The third kappa shape index (κ3) is 3.55. The van der Waals surface area contributed by atoms with E-state index in [2.05, 4.69) is 15.5 Å². The maximum atomic E-state index is 12.2. The van der Waals surface area contributed by atoms with E-state index >= 15 is 0 Å². The Kier molecular flexibility index (Phi) is 4.33. The van der Waals surface area contributed by atoms with E-state index in [1.807, 2.05) is 19.1 Å².